The standard InChI is InChI=1S/C36H50N4O6/c41-31(27-39-19-15-37(16-20-39)23-25-43-33-7-3-1-4-8-33)29-45-35-11-13-36(14-12-35)46-30-32(42)28-40-21-17-38(18-22-40)24-26-44-34-9-5-2-6-10-34/h1-14,31-32,41-42H,15-30H2/t31-,32-/m0/s1. The first-order chi connectivity index (χ1) is 22.6. The number of β-amino-alcohol motifs (C(OH)–C–C–N with tert-alkyl or cyclic N) is 2. The van der Waals surface area contributed by atoms with E-state index in [1.54, 1.807) is 0 Å². The Balaban J connectivity index is 0.886. The van der Waals surface area contributed by atoms with Crippen LogP contribution < -0.4 is 18.9 Å². The molecule has 2 saturated heterocycles. The summed E-state index contributed by atoms with van der Waals surface area (Å²) < 4.78 is 23.3. The average molecular weight is 635 g/mol. The largest absolute Gasteiger partial charge is 0.492 e. The van der Waals surface area contributed by atoms with Crippen LogP contribution in [0.5, 0.6) is 23.0 Å². The second kappa shape index (κ2) is 18.7. The van der Waals surface area contributed by atoms with Crippen LogP contribution in [-0.4, -0.2) is 147 Å². The highest BCUT2D eigenvalue weighted by Crippen LogP contribution is 2.18. The van der Waals surface area contributed by atoms with Crippen molar-refractivity contribution in [3.63, 3.8) is 0 Å². The summed E-state index contributed by atoms with van der Waals surface area (Å²) in [5.41, 5.74) is 0. The van der Waals surface area contributed by atoms with Gasteiger partial charge in [0.05, 0.1) is 0 Å². The van der Waals surface area contributed by atoms with Crippen LogP contribution in [0.25, 0.3) is 0 Å². The van der Waals surface area contributed by atoms with Crippen LogP contribution in [0.2, 0.25) is 0 Å². The van der Waals surface area contributed by atoms with Gasteiger partial charge in [-0.2, -0.15) is 0 Å². The zero-order chi connectivity index (χ0) is 31.8. The molecular weight excluding hydrogens is 584 g/mol. The predicted molar refractivity (Wildman–Crippen MR) is 179 cm³/mol. The molecule has 0 amide bonds. The monoisotopic (exact) mass is 634 g/mol. The molecule has 3 aromatic rings. The molecule has 2 N–H and O–H groups in total. The molecular formula is C36H50N4O6. The minimum absolute atomic E-state index is 0.233. The fraction of sp³-hybridized carbons (Fsp3) is 0.500. The number of para-hydroxylation sites is 2. The molecule has 0 bridgehead atoms. The van der Waals surface area contributed by atoms with E-state index in [1.807, 2.05) is 84.9 Å². The van der Waals surface area contributed by atoms with Crippen molar-refractivity contribution in [3.05, 3.63) is 84.9 Å². The van der Waals surface area contributed by atoms with Crippen LogP contribution >= 0.6 is 0 Å². The van der Waals surface area contributed by atoms with Gasteiger partial charge in [0.2, 0.25) is 0 Å². The molecule has 0 radical (unpaired) electrons. The number of piperazine rings is 2. The number of aliphatic hydroxyl groups is 2. The van der Waals surface area contributed by atoms with E-state index in [2.05, 4.69) is 19.6 Å². The fourth-order valence-corrected chi connectivity index (χ4v) is 5.73. The number of rotatable bonds is 18. The minimum Gasteiger partial charge on any atom is -0.492 e. The van der Waals surface area contributed by atoms with Crippen LogP contribution in [0.15, 0.2) is 84.9 Å². The van der Waals surface area contributed by atoms with Gasteiger partial charge in [-0.05, 0) is 48.5 Å². The Hall–Kier alpha value is -3.38. The molecule has 0 saturated carbocycles. The van der Waals surface area contributed by atoms with Crippen LogP contribution in [0, 0.1) is 0 Å². The van der Waals surface area contributed by atoms with Gasteiger partial charge < -0.3 is 29.2 Å². The summed E-state index contributed by atoms with van der Waals surface area (Å²) in [5, 5.41) is 21.1. The van der Waals surface area contributed by atoms with Crippen molar-refractivity contribution >= 4 is 0 Å². The van der Waals surface area contributed by atoms with Gasteiger partial charge in [0.1, 0.15) is 61.6 Å². The van der Waals surface area contributed by atoms with Crippen molar-refractivity contribution < 1.29 is 29.2 Å². The summed E-state index contributed by atoms with van der Waals surface area (Å²) in [6, 6.07) is 27.2. The van der Waals surface area contributed by atoms with Gasteiger partial charge in [-0.15, -0.1) is 0 Å². The Bertz CT molecular complexity index is 1130. The van der Waals surface area contributed by atoms with Crippen molar-refractivity contribution in [2.45, 2.75) is 12.2 Å². The topological polar surface area (TPSA) is 90.3 Å². The smallest absolute Gasteiger partial charge is 0.119 e. The molecule has 2 atom stereocenters. The average Bonchev–Trinajstić information content (AvgIpc) is 3.09. The molecule has 0 aliphatic carbocycles. The number of ether oxygens (including phenoxy) is 4. The molecule has 2 aliphatic rings. The Morgan fingerprint density at radius 1 is 0.435 bits per heavy atom. The number of aliphatic hydroxyl groups excluding tert-OH is 2. The lowest BCUT2D eigenvalue weighted by molar-refractivity contribution is 0.0428. The Labute approximate surface area is 273 Å². The molecule has 2 fully saturated rings. The quantitative estimate of drug-likeness (QED) is 0.218. The highest BCUT2D eigenvalue weighted by Gasteiger charge is 2.21. The zero-order valence-corrected chi connectivity index (χ0v) is 26.9. The van der Waals surface area contributed by atoms with Crippen LogP contribution in [-0.2, 0) is 0 Å². The first-order valence-electron chi connectivity index (χ1n) is 16.6. The molecule has 2 heterocycles. The third-order valence-corrected chi connectivity index (χ3v) is 8.42. The van der Waals surface area contributed by atoms with Gasteiger partial charge in [-0.25, -0.2) is 0 Å². The third-order valence-electron chi connectivity index (χ3n) is 8.42. The lowest BCUT2D eigenvalue weighted by atomic mass is 10.2. The summed E-state index contributed by atoms with van der Waals surface area (Å²) in [6.07, 6.45) is -1.13. The van der Waals surface area contributed by atoms with Gasteiger partial charge in [0, 0.05) is 78.5 Å². The summed E-state index contributed by atoms with van der Waals surface area (Å²) in [5.74, 6) is 3.18. The molecule has 3 aromatic carbocycles. The first kappa shape index (κ1) is 34.0. The molecule has 0 unspecified atom stereocenters. The van der Waals surface area contributed by atoms with Gasteiger partial charge in [0.25, 0.3) is 0 Å². The van der Waals surface area contributed by atoms with E-state index in [-0.39, 0.29) is 13.2 Å². The molecule has 5 rings (SSSR count). The van der Waals surface area contributed by atoms with Crippen molar-refractivity contribution in [2.24, 2.45) is 0 Å². The maximum Gasteiger partial charge on any atom is 0.119 e. The summed E-state index contributed by atoms with van der Waals surface area (Å²) >= 11 is 0. The van der Waals surface area contributed by atoms with Crippen LogP contribution in [0.3, 0.4) is 0 Å². The summed E-state index contributed by atoms with van der Waals surface area (Å²) in [7, 11) is 0. The summed E-state index contributed by atoms with van der Waals surface area (Å²) in [6.45, 7) is 12.3. The number of nitrogens with zero attached hydrogens (tertiary/aromatic N) is 4. The molecule has 10 heteroatoms. The molecule has 10 nitrogen and oxygen atoms in total. The van der Waals surface area contributed by atoms with E-state index in [4.69, 9.17) is 18.9 Å². The first-order valence-corrected chi connectivity index (χ1v) is 16.6. The summed E-state index contributed by atoms with van der Waals surface area (Å²) in [4.78, 5) is 9.37. The molecule has 46 heavy (non-hydrogen) atoms. The lowest BCUT2D eigenvalue weighted by Gasteiger charge is -2.35. The van der Waals surface area contributed by atoms with Crippen molar-refractivity contribution in [2.75, 3.05) is 105 Å². The van der Waals surface area contributed by atoms with Gasteiger partial charge in [0.15, 0.2) is 0 Å². The third kappa shape index (κ3) is 12.1. The van der Waals surface area contributed by atoms with Gasteiger partial charge in [-0.1, -0.05) is 36.4 Å². The Kier molecular flexibility index (Phi) is 13.8. The number of benzene rings is 3. The highest BCUT2D eigenvalue weighted by molar-refractivity contribution is 5.31. The second-order valence-electron chi connectivity index (χ2n) is 12.0. The van der Waals surface area contributed by atoms with E-state index < -0.39 is 12.2 Å². The number of hydrogen-bond acceptors (Lipinski definition) is 10. The van der Waals surface area contributed by atoms with Crippen LogP contribution in [0.4, 0.5) is 0 Å². The van der Waals surface area contributed by atoms with Crippen LogP contribution in [0.1, 0.15) is 0 Å². The number of hydrogen-bond donors (Lipinski definition) is 2. The molecule has 250 valence electrons. The molecule has 0 aromatic heterocycles. The van der Waals surface area contributed by atoms with Crippen molar-refractivity contribution in [1.29, 1.82) is 0 Å². The molecule has 0 spiro atoms. The van der Waals surface area contributed by atoms with Crippen molar-refractivity contribution in [3.8, 4) is 23.0 Å². The lowest BCUT2D eigenvalue weighted by Crippen LogP contribution is -2.50. The maximum atomic E-state index is 10.6. The van der Waals surface area contributed by atoms with E-state index in [1.165, 1.54) is 0 Å². The minimum atomic E-state index is -0.566. The SMILES string of the molecule is O[C@H](COc1ccc(OC[C@@H](O)CN2CCN(CCOc3ccccc3)CC2)cc1)CN1CCN(CCOc2ccccc2)CC1. The van der Waals surface area contributed by atoms with E-state index >= 15 is 0 Å². The highest BCUT2D eigenvalue weighted by atomic mass is 16.5. The fourth-order valence-electron chi connectivity index (χ4n) is 5.73. The van der Waals surface area contributed by atoms with E-state index in [0.717, 1.165) is 76.9 Å². The van der Waals surface area contributed by atoms with Crippen molar-refractivity contribution in [1.82, 2.24) is 19.6 Å². The predicted octanol–water partition coefficient (Wildman–Crippen LogP) is 2.56. The van der Waals surface area contributed by atoms with E-state index in [9.17, 15) is 10.2 Å². The zero-order valence-electron chi connectivity index (χ0n) is 26.9. The molecule has 2 aliphatic heterocycles. The second-order valence-corrected chi connectivity index (χ2v) is 12.0. The Morgan fingerprint density at radius 3 is 1.13 bits per heavy atom. The maximum absolute atomic E-state index is 10.6. The Morgan fingerprint density at radius 2 is 0.761 bits per heavy atom. The van der Waals surface area contributed by atoms with Gasteiger partial charge >= 0.3 is 0 Å². The van der Waals surface area contributed by atoms with Gasteiger partial charge in [-0.3, -0.25) is 19.6 Å². The normalized spacial score (nSPS) is 18.1. The van der Waals surface area contributed by atoms with E-state index in [0.29, 0.717) is 37.8 Å².